The fourth-order valence-corrected chi connectivity index (χ4v) is 2.57. The number of hydrogen-bond donors (Lipinski definition) is 2. The maximum absolute atomic E-state index is 12.2. The number of aromatic nitrogens is 2. The molecule has 3 aromatic rings. The zero-order valence-electron chi connectivity index (χ0n) is 11.7. The number of nitrogens with one attached hydrogen (secondary N) is 1. The van der Waals surface area contributed by atoms with Crippen LogP contribution in [0.15, 0.2) is 52.1 Å². The van der Waals surface area contributed by atoms with E-state index in [1.165, 1.54) is 22.8 Å². The molecule has 2 aromatic carbocycles. The van der Waals surface area contributed by atoms with Gasteiger partial charge in [0.25, 0.3) is 5.56 Å². The molecule has 1 heterocycles. The van der Waals surface area contributed by atoms with E-state index in [-0.39, 0.29) is 23.0 Å². The van der Waals surface area contributed by atoms with Gasteiger partial charge in [0.15, 0.2) is 0 Å². The molecular formula is C16H11ClN2O4. The SMILES string of the molecule is O=C(O)c1ccc2c(=O)[nH]c(=O)n(Cc3ccccc3Cl)c2c1. The van der Waals surface area contributed by atoms with Crippen LogP contribution >= 0.6 is 11.6 Å². The molecule has 1 aromatic heterocycles. The molecule has 0 saturated carbocycles. The summed E-state index contributed by atoms with van der Waals surface area (Å²) in [5, 5.41) is 9.83. The number of nitrogens with zero attached hydrogens (tertiary/aromatic N) is 1. The number of carbonyl (C=O) groups is 1. The fraction of sp³-hybridized carbons (Fsp3) is 0.0625. The van der Waals surface area contributed by atoms with Crippen LogP contribution in [0, 0.1) is 0 Å². The van der Waals surface area contributed by atoms with E-state index in [0.717, 1.165) is 0 Å². The third-order valence-electron chi connectivity index (χ3n) is 3.53. The van der Waals surface area contributed by atoms with E-state index in [4.69, 9.17) is 16.7 Å². The molecule has 0 unspecified atom stereocenters. The molecule has 0 bridgehead atoms. The Morgan fingerprint density at radius 2 is 1.91 bits per heavy atom. The summed E-state index contributed by atoms with van der Waals surface area (Å²) in [6.07, 6.45) is 0. The van der Waals surface area contributed by atoms with E-state index in [0.29, 0.717) is 10.6 Å². The Morgan fingerprint density at radius 1 is 1.17 bits per heavy atom. The van der Waals surface area contributed by atoms with Crippen molar-refractivity contribution in [2.24, 2.45) is 0 Å². The van der Waals surface area contributed by atoms with Crippen LogP contribution in [0.4, 0.5) is 0 Å². The third-order valence-corrected chi connectivity index (χ3v) is 3.90. The van der Waals surface area contributed by atoms with Crippen molar-refractivity contribution in [3.05, 3.63) is 79.5 Å². The number of fused-ring (bicyclic) bond motifs is 1. The number of carboxylic acid groups (broad SMARTS) is 1. The first-order valence-electron chi connectivity index (χ1n) is 6.71. The van der Waals surface area contributed by atoms with Gasteiger partial charge in [-0.25, -0.2) is 9.59 Å². The van der Waals surface area contributed by atoms with Crippen molar-refractivity contribution in [3.8, 4) is 0 Å². The summed E-state index contributed by atoms with van der Waals surface area (Å²) < 4.78 is 1.30. The largest absolute Gasteiger partial charge is 0.478 e. The van der Waals surface area contributed by atoms with Gasteiger partial charge in [0, 0.05) is 5.02 Å². The molecule has 3 rings (SSSR count). The van der Waals surface area contributed by atoms with Gasteiger partial charge in [-0.3, -0.25) is 14.3 Å². The summed E-state index contributed by atoms with van der Waals surface area (Å²) in [5.74, 6) is -1.14. The molecule has 23 heavy (non-hydrogen) atoms. The van der Waals surface area contributed by atoms with Gasteiger partial charge < -0.3 is 5.11 Å². The highest BCUT2D eigenvalue weighted by Crippen LogP contribution is 2.18. The molecular weight excluding hydrogens is 320 g/mol. The number of H-pyrrole nitrogens is 1. The molecule has 7 heteroatoms. The lowest BCUT2D eigenvalue weighted by Crippen LogP contribution is -2.30. The van der Waals surface area contributed by atoms with Crippen LogP contribution in [-0.2, 0) is 6.54 Å². The molecule has 0 atom stereocenters. The Bertz CT molecular complexity index is 1040. The van der Waals surface area contributed by atoms with Gasteiger partial charge in [0.05, 0.1) is 23.0 Å². The predicted molar refractivity (Wildman–Crippen MR) is 86.3 cm³/mol. The second-order valence-corrected chi connectivity index (χ2v) is 5.38. The predicted octanol–water partition coefficient (Wildman–Crippen LogP) is 2.09. The highest BCUT2D eigenvalue weighted by atomic mass is 35.5. The standard InChI is InChI=1S/C16H11ClN2O4/c17-12-4-2-1-3-10(12)8-19-13-7-9(15(21)22)5-6-11(13)14(20)18-16(19)23/h1-7H,8H2,(H,21,22)(H,18,20,23). The van der Waals surface area contributed by atoms with Crippen LogP contribution < -0.4 is 11.2 Å². The molecule has 6 nitrogen and oxygen atoms in total. The Hall–Kier alpha value is -2.86. The van der Waals surface area contributed by atoms with Crippen LogP contribution in [0.1, 0.15) is 15.9 Å². The first-order valence-corrected chi connectivity index (χ1v) is 7.09. The van der Waals surface area contributed by atoms with Crippen LogP contribution in [0.3, 0.4) is 0 Å². The molecule has 0 spiro atoms. The van der Waals surface area contributed by atoms with E-state index in [1.807, 2.05) is 0 Å². The van der Waals surface area contributed by atoms with Gasteiger partial charge in [0.2, 0.25) is 0 Å². The minimum Gasteiger partial charge on any atom is -0.478 e. The lowest BCUT2D eigenvalue weighted by Gasteiger charge is -2.11. The Labute approximate surface area is 134 Å². The summed E-state index contributed by atoms with van der Waals surface area (Å²) in [4.78, 5) is 37.5. The highest BCUT2D eigenvalue weighted by molar-refractivity contribution is 6.31. The summed E-state index contributed by atoms with van der Waals surface area (Å²) in [6.45, 7) is 0.120. The number of rotatable bonds is 3. The molecule has 0 aliphatic carbocycles. The molecule has 116 valence electrons. The molecule has 0 aliphatic heterocycles. The van der Waals surface area contributed by atoms with Crippen molar-refractivity contribution in [1.29, 1.82) is 0 Å². The van der Waals surface area contributed by atoms with Crippen molar-refractivity contribution in [3.63, 3.8) is 0 Å². The molecule has 0 fully saturated rings. The maximum atomic E-state index is 12.2. The first kappa shape index (κ1) is 15.1. The molecule has 0 amide bonds. The van der Waals surface area contributed by atoms with E-state index >= 15 is 0 Å². The zero-order chi connectivity index (χ0) is 16.6. The first-order chi connectivity index (χ1) is 11.0. The van der Waals surface area contributed by atoms with Gasteiger partial charge in [-0.1, -0.05) is 29.8 Å². The summed E-state index contributed by atoms with van der Waals surface area (Å²) in [5.41, 5.74) is -0.248. The fourth-order valence-electron chi connectivity index (χ4n) is 2.38. The quantitative estimate of drug-likeness (QED) is 0.769. The monoisotopic (exact) mass is 330 g/mol. The molecule has 0 radical (unpaired) electrons. The number of benzene rings is 2. The zero-order valence-corrected chi connectivity index (χ0v) is 12.5. The van der Waals surface area contributed by atoms with Crippen molar-refractivity contribution in [2.45, 2.75) is 6.54 Å². The topological polar surface area (TPSA) is 92.2 Å². The Morgan fingerprint density at radius 3 is 2.61 bits per heavy atom. The van der Waals surface area contributed by atoms with E-state index in [9.17, 15) is 14.4 Å². The Kier molecular flexibility index (Phi) is 3.75. The number of hydrogen-bond acceptors (Lipinski definition) is 3. The van der Waals surface area contributed by atoms with Crippen LogP contribution in [0.2, 0.25) is 5.02 Å². The summed E-state index contributed by atoms with van der Waals surface area (Å²) in [6, 6.07) is 11.0. The second-order valence-electron chi connectivity index (χ2n) is 4.97. The van der Waals surface area contributed by atoms with Gasteiger partial charge in [-0.2, -0.15) is 0 Å². The normalized spacial score (nSPS) is 10.8. The number of halogens is 1. The minimum absolute atomic E-state index is 0.00425. The Balaban J connectivity index is 2.28. The lowest BCUT2D eigenvalue weighted by atomic mass is 10.1. The van der Waals surface area contributed by atoms with Gasteiger partial charge in [-0.15, -0.1) is 0 Å². The second kappa shape index (κ2) is 5.73. The summed E-state index contributed by atoms with van der Waals surface area (Å²) >= 11 is 6.11. The van der Waals surface area contributed by atoms with Crippen LogP contribution in [0.25, 0.3) is 10.9 Å². The number of aromatic carboxylic acids is 1. The average Bonchev–Trinajstić information content (AvgIpc) is 2.52. The maximum Gasteiger partial charge on any atom is 0.335 e. The number of aromatic amines is 1. The minimum atomic E-state index is -1.14. The molecule has 0 aliphatic rings. The van der Waals surface area contributed by atoms with Gasteiger partial charge >= 0.3 is 11.7 Å². The molecule has 0 saturated heterocycles. The summed E-state index contributed by atoms with van der Waals surface area (Å²) in [7, 11) is 0. The average molecular weight is 331 g/mol. The lowest BCUT2D eigenvalue weighted by molar-refractivity contribution is 0.0697. The smallest absolute Gasteiger partial charge is 0.335 e. The van der Waals surface area contributed by atoms with Gasteiger partial charge in [0.1, 0.15) is 0 Å². The van der Waals surface area contributed by atoms with Crippen molar-refractivity contribution in [1.82, 2.24) is 9.55 Å². The van der Waals surface area contributed by atoms with Crippen LogP contribution in [-0.4, -0.2) is 20.6 Å². The third kappa shape index (κ3) is 2.76. The van der Waals surface area contributed by atoms with Crippen molar-refractivity contribution < 1.29 is 9.90 Å². The van der Waals surface area contributed by atoms with E-state index in [2.05, 4.69) is 4.98 Å². The van der Waals surface area contributed by atoms with Crippen molar-refractivity contribution in [2.75, 3.05) is 0 Å². The van der Waals surface area contributed by atoms with E-state index < -0.39 is 17.2 Å². The van der Waals surface area contributed by atoms with Crippen molar-refractivity contribution >= 4 is 28.5 Å². The van der Waals surface area contributed by atoms with E-state index in [1.54, 1.807) is 24.3 Å². The highest BCUT2D eigenvalue weighted by Gasteiger charge is 2.12. The number of carboxylic acids is 1. The van der Waals surface area contributed by atoms with Crippen LogP contribution in [0.5, 0.6) is 0 Å². The van der Waals surface area contributed by atoms with Gasteiger partial charge in [-0.05, 0) is 29.8 Å². The molecule has 2 N–H and O–H groups in total.